The zero-order valence-electron chi connectivity index (χ0n) is 12.2. The lowest BCUT2D eigenvalue weighted by molar-refractivity contribution is 0.297. The quantitative estimate of drug-likeness (QED) is 0.840. The average molecular weight is 274 g/mol. The lowest BCUT2D eigenvalue weighted by Gasteiger charge is -2.08. The van der Waals surface area contributed by atoms with Crippen LogP contribution in [0.3, 0.4) is 0 Å². The molecule has 1 saturated carbocycles. The second kappa shape index (κ2) is 5.69. The van der Waals surface area contributed by atoms with E-state index in [9.17, 15) is 0 Å². The largest absolute Gasteiger partial charge is 0.484 e. The van der Waals surface area contributed by atoms with E-state index in [1.165, 1.54) is 25.7 Å². The van der Waals surface area contributed by atoms with Crippen LogP contribution in [0, 0.1) is 0 Å². The highest BCUT2D eigenvalue weighted by Gasteiger charge is 2.17. The van der Waals surface area contributed by atoms with Crippen molar-refractivity contribution < 1.29 is 4.74 Å². The molecular formula is C15H22N4O. The lowest BCUT2D eigenvalue weighted by atomic mass is 10.3. The predicted octanol–water partition coefficient (Wildman–Crippen LogP) is 3.35. The minimum absolute atomic E-state index is 0.355. The molecule has 0 atom stereocenters. The van der Waals surface area contributed by atoms with Crippen LogP contribution in [-0.2, 0) is 6.61 Å². The van der Waals surface area contributed by atoms with Crippen molar-refractivity contribution in [2.75, 3.05) is 0 Å². The first kappa shape index (κ1) is 13.2. The van der Waals surface area contributed by atoms with Crippen molar-refractivity contribution in [3.8, 4) is 5.75 Å². The van der Waals surface area contributed by atoms with Gasteiger partial charge in [-0.15, -0.1) is 0 Å². The van der Waals surface area contributed by atoms with Gasteiger partial charge < -0.3 is 4.74 Å². The third kappa shape index (κ3) is 2.86. The highest BCUT2D eigenvalue weighted by Crippen LogP contribution is 2.28. The summed E-state index contributed by atoms with van der Waals surface area (Å²) >= 11 is 0. The minimum Gasteiger partial charge on any atom is -0.484 e. The second-order valence-electron chi connectivity index (χ2n) is 5.76. The summed E-state index contributed by atoms with van der Waals surface area (Å²) in [5.41, 5.74) is 0.981. The molecule has 0 spiro atoms. The summed E-state index contributed by atoms with van der Waals surface area (Å²) in [6.45, 7) is 4.70. The van der Waals surface area contributed by atoms with Crippen LogP contribution in [0.5, 0.6) is 5.75 Å². The molecule has 0 aliphatic heterocycles. The summed E-state index contributed by atoms with van der Waals surface area (Å²) < 4.78 is 9.74. The highest BCUT2D eigenvalue weighted by atomic mass is 16.5. The third-order valence-corrected chi connectivity index (χ3v) is 3.86. The van der Waals surface area contributed by atoms with Gasteiger partial charge >= 0.3 is 0 Å². The van der Waals surface area contributed by atoms with Gasteiger partial charge in [-0.2, -0.15) is 10.2 Å². The molecule has 0 aromatic carbocycles. The van der Waals surface area contributed by atoms with Crippen LogP contribution < -0.4 is 4.74 Å². The van der Waals surface area contributed by atoms with Crippen molar-refractivity contribution in [2.24, 2.45) is 0 Å². The molecule has 0 unspecified atom stereocenters. The molecule has 3 rings (SSSR count). The van der Waals surface area contributed by atoms with Crippen LogP contribution in [0.15, 0.2) is 24.7 Å². The SMILES string of the molecule is CC(C)n1cc(OCc2ccn(C3CCCC3)n2)cn1. The van der Waals surface area contributed by atoms with E-state index in [2.05, 4.69) is 34.9 Å². The molecule has 1 aliphatic rings. The third-order valence-electron chi connectivity index (χ3n) is 3.86. The Balaban J connectivity index is 1.57. The Bertz CT molecular complexity index is 552. The van der Waals surface area contributed by atoms with Gasteiger partial charge in [0.1, 0.15) is 6.61 Å². The van der Waals surface area contributed by atoms with E-state index in [1.54, 1.807) is 6.20 Å². The van der Waals surface area contributed by atoms with Gasteiger partial charge in [0.25, 0.3) is 0 Å². The van der Waals surface area contributed by atoms with E-state index in [-0.39, 0.29) is 0 Å². The Labute approximate surface area is 119 Å². The monoisotopic (exact) mass is 274 g/mol. The van der Waals surface area contributed by atoms with Crippen molar-refractivity contribution in [2.45, 2.75) is 58.2 Å². The molecule has 0 bridgehead atoms. The maximum atomic E-state index is 5.74. The van der Waals surface area contributed by atoms with Gasteiger partial charge in [-0.3, -0.25) is 9.36 Å². The maximum absolute atomic E-state index is 5.74. The van der Waals surface area contributed by atoms with Gasteiger partial charge in [0.2, 0.25) is 0 Å². The molecule has 108 valence electrons. The fraction of sp³-hybridized carbons (Fsp3) is 0.600. The zero-order valence-corrected chi connectivity index (χ0v) is 12.2. The van der Waals surface area contributed by atoms with E-state index in [0.29, 0.717) is 18.7 Å². The molecule has 2 heterocycles. The predicted molar refractivity (Wildman–Crippen MR) is 76.7 cm³/mol. The molecule has 0 amide bonds. The normalized spacial score (nSPS) is 16.1. The number of ether oxygens (including phenoxy) is 1. The first-order valence-electron chi connectivity index (χ1n) is 7.43. The zero-order chi connectivity index (χ0) is 13.9. The van der Waals surface area contributed by atoms with Crippen LogP contribution in [0.2, 0.25) is 0 Å². The van der Waals surface area contributed by atoms with Crippen LogP contribution >= 0.6 is 0 Å². The fourth-order valence-electron chi connectivity index (χ4n) is 2.66. The summed E-state index contributed by atoms with van der Waals surface area (Å²) in [6, 6.07) is 2.99. The standard InChI is InChI=1S/C15H22N4O/c1-12(2)19-10-15(9-16-19)20-11-13-7-8-18(17-13)14-5-3-4-6-14/h7-10,12,14H,3-6,11H2,1-2H3. The van der Waals surface area contributed by atoms with Gasteiger partial charge in [-0.25, -0.2) is 0 Å². The molecule has 5 heteroatoms. The summed E-state index contributed by atoms with van der Waals surface area (Å²) in [6.07, 6.45) is 10.9. The van der Waals surface area contributed by atoms with Gasteiger partial charge in [-0.05, 0) is 32.8 Å². The molecule has 0 radical (unpaired) electrons. The second-order valence-corrected chi connectivity index (χ2v) is 5.76. The van der Waals surface area contributed by atoms with E-state index in [4.69, 9.17) is 4.74 Å². The lowest BCUT2D eigenvalue weighted by Crippen LogP contribution is -2.06. The molecule has 2 aromatic rings. The molecule has 20 heavy (non-hydrogen) atoms. The Kier molecular flexibility index (Phi) is 3.76. The van der Waals surface area contributed by atoms with Crippen molar-refractivity contribution >= 4 is 0 Å². The molecule has 2 aromatic heterocycles. The topological polar surface area (TPSA) is 44.9 Å². The summed E-state index contributed by atoms with van der Waals surface area (Å²) in [5, 5.41) is 8.88. The van der Waals surface area contributed by atoms with Gasteiger partial charge in [0, 0.05) is 12.2 Å². The van der Waals surface area contributed by atoms with Crippen molar-refractivity contribution in [1.29, 1.82) is 0 Å². The first-order chi connectivity index (χ1) is 9.72. The Morgan fingerprint density at radius 1 is 1.35 bits per heavy atom. The molecular weight excluding hydrogens is 252 g/mol. The first-order valence-corrected chi connectivity index (χ1v) is 7.43. The fourth-order valence-corrected chi connectivity index (χ4v) is 2.66. The van der Waals surface area contributed by atoms with Crippen LogP contribution in [-0.4, -0.2) is 19.6 Å². The number of hydrogen-bond donors (Lipinski definition) is 0. The van der Waals surface area contributed by atoms with Gasteiger partial charge in [0.15, 0.2) is 5.75 Å². The Morgan fingerprint density at radius 2 is 2.15 bits per heavy atom. The van der Waals surface area contributed by atoms with Crippen molar-refractivity contribution in [3.05, 3.63) is 30.4 Å². The average Bonchev–Trinajstić information content (AvgIpc) is 3.17. The van der Waals surface area contributed by atoms with E-state index < -0.39 is 0 Å². The molecule has 5 nitrogen and oxygen atoms in total. The van der Waals surface area contributed by atoms with Crippen molar-refractivity contribution in [1.82, 2.24) is 19.6 Å². The molecule has 1 fully saturated rings. The number of nitrogens with zero attached hydrogens (tertiary/aromatic N) is 4. The van der Waals surface area contributed by atoms with E-state index >= 15 is 0 Å². The smallest absolute Gasteiger partial charge is 0.157 e. The Morgan fingerprint density at radius 3 is 2.85 bits per heavy atom. The summed E-state index contributed by atoms with van der Waals surface area (Å²) in [5.74, 6) is 0.800. The molecule has 0 N–H and O–H groups in total. The highest BCUT2D eigenvalue weighted by molar-refractivity contribution is 5.13. The van der Waals surface area contributed by atoms with E-state index in [1.807, 2.05) is 16.9 Å². The number of rotatable bonds is 5. The maximum Gasteiger partial charge on any atom is 0.157 e. The van der Waals surface area contributed by atoms with Gasteiger partial charge in [-0.1, -0.05) is 12.8 Å². The summed E-state index contributed by atoms with van der Waals surface area (Å²) in [4.78, 5) is 0. The Hall–Kier alpha value is -1.78. The molecule has 0 saturated heterocycles. The van der Waals surface area contributed by atoms with E-state index in [0.717, 1.165) is 11.4 Å². The minimum atomic E-state index is 0.355. The van der Waals surface area contributed by atoms with Crippen LogP contribution in [0.1, 0.15) is 57.3 Å². The number of aromatic nitrogens is 4. The number of hydrogen-bond acceptors (Lipinski definition) is 3. The van der Waals surface area contributed by atoms with Gasteiger partial charge in [0.05, 0.1) is 24.1 Å². The molecule has 1 aliphatic carbocycles. The van der Waals surface area contributed by atoms with Crippen LogP contribution in [0.4, 0.5) is 0 Å². The summed E-state index contributed by atoms with van der Waals surface area (Å²) in [7, 11) is 0. The van der Waals surface area contributed by atoms with Crippen LogP contribution in [0.25, 0.3) is 0 Å². The van der Waals surface area contributed by atoms with Crippen molar-refractivity contribution in [3.63, 3.8) is 0 Å².